The maximum Gasteiger partial charge on any atom is 0.0220 e. The molecule has 0 atom stereocenters. The molecule has 1 aromatic carbocycles. The molecule has 0 aliphatic heterocycles. The molecule has 0 aliphatic carbocycles. The van der Waals surface area contributed by atoms with Crippen LogP contribution in [0.1, 0.15) is 11.1 Å². The van der Waals surface area contributed by atoms with E-state index in [0.29, 0.717) is 0 Å². The molecule has 0 fully saturated rings. The van der Waals surface area contributed by atoms with Gasteiger partial charge in [0.1, 0.15) is 0 Å². The zero-order valence-electron chi connectivity index (χ0n) is 6.02. The molecule has 0 saturated heterocycles. The molecule has 0 unspecified atom stereocenters. The number of hydrogen-bond donors (Lipinski definition) is 0. The van der Waals surface area contributed by atoms with E-state index in [4.69, 9.17) is 0 Å². The first-order valence-electron chi connectivity index (χ1n) is 3.10. The average molecular weight is 217 g/mol. The molecule has 0 aliphatic rings. The summed E-state index contributed by atoms with van der Waals surface area (Å²) in [6.07, 6.45) is 0. The Labute approximate surface area is 73.2 Å². The third kappa shape index (κ3) is 1.77. The molecule has 1 aromatic rings. The van der Waals surface area contributed by atoms with Crippen LogP contribution in [0.25, 0.3) is 0 Å². The normalized spacial score (nSPS) is 9.90. The van der Waals surface area contributed by atoms with Crippen molar-refractivity contribution in [2.75, 3.05) is 0 Å². The quantitative estimate of drug-likeness (QED) is 0.691. The lowest BCUT2D eigenvalue weighted by Gasteiger charge is -2.00. The lowest BCUT2D eigenvalue weighted by molar-refractivity contribution is 1.27. The molecular weight excluding hydrogens is 208 g/mol. The van der Waals surface area contributed by atoms with Gasteiger partial charge < -0.3 is 0 Å². The van der Waals surface area contributed by atoms with Crippen LogP contribution in [-0.4, -0.2) is 0 Å². The van der Waals surface area contributed by atoms with Crippen molar-refractivity contribution in [3.05, 3.63) is 29.3 Å². The molecule has 0 bridgehead atoms. The van der Waals surface area contributed by atoms with E-state index in [2.05, 4.69) is 46.9 Å². The highest BCUT2D eigenvalue weighted by Gasteiger charge is 1.95. The third-order valence-electron chi connectivity index (χ3n) is 1.43. The molecular formula is C8H9BrS. The lowest BCUT2D eigenvalue weighted by Crippen LogP contribution is -1.77. The standard InChI is InChI=1S/C8H9BrS/c1-6-3-4-7(2)8(5-6)10-9/h3-5H,1-2H3. The van der Waals surface area contributed by atoms with Crippen LogP contribution in [0.3, 0.4) is 0 Å². The predicted molar refractivity (Wildman–Crippen MR) is 50.7 cm³/mol. The lowest BCUT2D eigenvalue weighted by atomic mass is 10.2. The van der Waals surface area contributed by atoms with Gasteiger partial charge in [-0.1, -0.05) is 12.1 Å². The fraction of sp³-hybridized carbons (Fsp3) is 0.250. The largest absolute Gasteiger partial charge is 0.0590 e. The number of benzene rings is 1. The first-order valence-corrected chi connectivity index (χ1v) is 5.76. The zero-order valence-corrected chi connectivity index (χ0v) is 8.42. The fourth-order valence-electron chi connectivity index (χ4n) is 0.790. The van der Waals surface area contributed by atoms with Gasteiger partial charge in [0.05, 0.1) is 0 Å². The van der Waals surface area contributed by atoms with Gasteiger partial charge in [0.2, 0.25) is 0 Å². The Balaban J connectivity index is 3.09. The molecule has 0 spiro atoms. The Morgan fingerprint density at radius 2 is 2.00 bits per heavy atom. The van der Waals surface area contributed by atoms with Crippen LogP contribution in [0.15, 0.2) is 23.1 Å². The zero-order chi connectivity index (χ0) is 7.56. The van der Waals surface area contributed by atoms with Gasteiger partial charge in [0.15, 0.2) is 0 Å². The van der Waals surface area contributed by atoms with Crippen molar-refractivity contribution in [2.45, 2.75) is 18.7 Å². The molecule has 0 amide bonds. The Bertz CT molecular complexity index is 233. The molecule has 10 heavy (non-hydrogen) atoms. The first-order chi connectivity index (χ1) is 4.74. The van der Waals surface area contributed by atoms with Gasteiger partial charge in [-0.3, -0.25) is 0 Å². The highest BCUT2D eigenvalue weighted by Crippen LogP contribution is 2.28. The van der Waals surface area contributed by atoms with E-state index in [1.165, 1.54) is 16.0 Å². The maximum atomic E-state index is 3.36. The molecule has 1 rings (SSSR count). The van der Waals surface area contributed by atoms with Crippen molar-refractivity contribution >= 4 is 25.0 Å². The molecule has 54 valence electrons. The predicted octanol–water partition coefficient (Wildman–Crippen LogP) is 3.71. The molecule has 2 heteroatoms. The highest BCUT2D eigenvalue weighted by molar-refractivity contribution is 9.50. The summed E-state index contributed by atoms with van der Waals surface area (Å²) in [6, 6.07) is 6.44. The molecule has 0 N–H and O–H groups in total. The highest BCUT2D eigenvalue weighted by atomic mass is 79.9. The summed E-state index contributed by atoms with van der Waals surface area (Å²) < 4.78 is 0. The summed E-state index contributed by atoms with van der Waals surface area (Å²) in [5.74, 6) is 0. The minimum atomic E-state index is 1.31. The number of rotatable bonds is 1. The Morgan fingerprint density at radius 1 is 1.30 bits per heavy atom. The monoisotopic (exact) mass is 216 g/mol. The van der Waals surface area contributed by atoms with Crippen LogP contribution >= 0.6 is 25.0 Å². The van der Waals surface area contributed by atoms with Crippen molar-refractivity contribution in [3.8, 4) is 0 Å². The summed E-state index contributed by atoms with van der Waals surface area (Å²) in [4.78, 5) is 1.31. The van der Waals surface area contributed by atoms with Crippen LogP contribution < -0.4 is 0 Å². The summed E-state index contributed by atoms with van der Waals surface area (Å²) in [7, 11) is 1.62. The fourth-order valence-corrected chi connectivity index (χ4v) is 2.26. The van der Waals surface area contributed by atoms with Crippen LogP contribution in [0, 0.1) is 13.8 Å². The van der Waals surface area contributed by atoms with E-state index >= 15 is 0 Å². The molecule has 0 heterocycles. The van der Waals surface area contributed by atoms with Gasteiger partial charge in [-0.25, -0.2) is 0 Å². The minimum Gasteiger partial charge on any atom is -0.0590 e. The smallest absolute Gasteiger partial charge is 0.0220 e. The molecule has 0 radical (unpaired) electrons. The second-order valence-electron chi connectivity index (χ2n) is 2.35. The number of halogens is 1. The molecule has 0 aromatic heterocycles. The van der Waals surface area contributed by atoms with E-state index in [9.17, 15) is 0 Å². The number of aryl methyl sites for hydroxylation is 2. The van der Waals surface area contributed by atoms with Crippen LogP contribution in [0.2, 0.25) is 0 Å². The Kier molecular flexibility index (Phi) is 2.81. The molecule has 0 saturated carbocycles. The van der Waals surface area contributed by atoms with Crippen LogP contribution in [0.4, 0.5) is 0 Å². The van der Waals surface area contributed by atoms with E-state index in [0.717, 1.165) is 0 Å². The Hall–Kier alpha value is 0.0500. The molecule has 0 nitrogen and oxygen atoms in total. The van der Waals surface area contributed by atoms with E-state index in [1.807, 2.05) is 0 Å². The number of hydrogen-bond acceptors (Lipinski definition) is 1. The summed E-state index contributed by atoms with van der Waals surface area (Å²) in [5, 5.41) is 0. The third-order valence-corrected chi connectivity index (χ3v) is 3.08. The van der Waals surface area contributed by atoms with Crippen LogP contribution in [-0.2, 0) is 0 Å². The van der Waals surface area contributed by atoms with Gasteiger partial charge >= 0.3 is 0 Å². The average Bonchev–Trinajstić information content (AvgIpc) is 1.94. The van der Waals surface area contributed by atoms with E-state index < -0.39 is 0 Å². The van der Waals surface area contributed by atoms with Crippen molar-refractivity contribution in [3.63, 3.8) is 0 Å². The second-order valence-corrected chi connectivity index (χ2v) is 3.91. The van der Waals surface area contributed by atoms with Crippen molar-refractivity contribution < 1.29 is 0 Å². The van der Waals surface area contributed by atoms with Crippen molar-refractivity contribution in [1.29, 1.82) is 0 Å². The van der Waals surface area contributed by atoms with Gasteiger partial charge in [-0.15, -0.1) is 0 Å². The first kappa shape index (κ1) is 8.15. The van der Waals surface area contributed by atoms with Gasteiger partial charge in [0, 0.05) is 4.90 Å². The SMILES string of the molecule is Cc1ccc(C)c(SBr)c1. The van der Waals surface area contributed by atoms with E-state index in [-0.39, 0.29) is 0 Å². The summed E-state index contributed by atoms with van der Waals surface area (Å²) in [6.45, 7) is 4.22. The maximum absolute atomic E-state index is 3.36. The van der Waals surface area contributed by atoms with Crippen LogP contribution in [0.5, 0.6) is 0 Å². The summed E-state index contributed by atoms with van der Waals surface area (Å²) >= 11 is 3.36. The van der Waals surface area contributed by atoms with E-state index in [1.54, 1.807) is 10.2 Å². The van der Waals surface area contributed by atoms with Gasteiger partial charge in [-0.05, 0) is 56.0 Å². The van der Waals surface area contributed by atoms with Crippen molar-refractivity contribution in [1.82, 2.24) is 0 Å². The second kappa shape index (κ2) is 3.44. The Morgan fingerprint density at radius 3 is 2.50 bits per heavy atom. The topological polar surface area (TPSA) is 0 Å². The van der Waals surface area contributed by atoms with Crippen molar-refractivity contribution in [2.24, 2.45) is 0 Å². The minimum absolute atomic E-state index is 1.31. The summed E-state index contributed by atoms with van der Waals surface area (Å²) in [5.41, 5.74) is 2.64. The van der Waals surface area contributed by atoms with Gasteiger partial charge in [0.25, 0.3) is 0 Å². The van der Waals surface area contributed by atoms with Gasteiger partial charge in [-0.2, -0.15) is 0 Å².